The van der Waals surface area contributed by atoms with E-state index in [1.54, 1.807) is 0 Å². The Hall–Kier alpha value is -3.92. The molecule has 0 spiro atoms. The summed E-state index contributed by atoms with van der Waals surface area (Å²) in [6.07, 6.45) is 1.78. The Morgan fingerprint density at radius 3 is 1.82 bits per heavy atom. The maximum absolute atomic E-state index is 13.8. The lowest BCUT2D eigenvalue weighted by molar-refractivity contribution is 0.627. The van der Waals surface area contributed by atoms with Crippen LogP contribution < -0.4 is 0 Å². The maximum Gasteiger partial charge on any atom is 0.123 e. The van der Waals surface area contributed by atoms with Crippen LogP contribution in [0.3, 0.4) is 0 Å². The smallest absolute Gasteiger partial charge is 0.123 e. The first kappa shape index (κ1) is 20.7. The van der Waals surface area contributed by atoms with Gasteiger partial charge in [-0.05, 0) is 79.1 Å². The van der Waals surface area contributed by atoms with Crippen LogP contribution in [-0.4, -0.2) is 9.13 Å². The van der Waals surface area contributed by atoms with Crippen molar-refractivity contribution < 1.29 is 8.78 Å². The first-order valence-electron chi connectivity index (χ1n) is 11.7. The molecule has 4 aromatic carbocycles. The lowest BCUT2D eigenvalue weighted by Crippen LogP contribution is -2.01. The highest BCUT2D eigenvalue weighted by Crippen LogP contribution is 2.41. The highest BCUT2D eigenvalue weighted by molar-refractivity contribution is 6.21. The van der Waals surface area contributed by atoms with Gasteiger partial charge in [-0.25, -0.2) is 8.78 Å². The Bertz CT molecular complexity index is 1670. The van der Waals surface area contributed by atoms with Crippen molar-refractivity contribution in [2.75, 3.05) is 0 Å². The normalized spacial score (nSPS) is 11.8. The summed E-state index contributed by atoms with van der Waals surface area (Å²) in [5.74, 6) is -0.496. The van der Waals surface area contributed by atoms with Crippen molar-refractivity contribution in [1.82, 2.24) is 9.13 Å². The van der Waals surface area contributed by atoms with Crippen molar-refractivity contribution >= 4 is 32.7 Å². The molecule has 2 aromatic heterocycles. The summed E-state index contributed by atoms with van der Waals surface area (Å²) in [4.78, 5) is 0. The van der Waals surface area contributed by atoms with Crippen molar-refractivity contribution in [3.63, 3.8) is 0 Å². The maximum atomic E-state index is 13.8. The molecule has 0 radical (unpaired) electrons. The van der Waals surface area contributed by atoms with Crippen LogP contribution in [0.1, 0.15) is 25.1 Å². The molecule has 0 unspecified atom stereocenters. The molecule has 0 saturated carbocycles. The molecule has 0 aliphatic rings. The standard InChI is InChI=1S/C30H24F2N2/c1-3-23-24-17-18-28-29(30(24)34(26(23)4-2)22-15-11-20(32)12-16-22)25-7-5-6-8-27(25)33(28)21-13-9-19(31)10-14-21/h5-18H,3-4H2,1-2H3. The van der Waals surface area contributed by atoms with Gasteiger partial charge in [0, 0.05) is 33.2 Å². The number of rotatable bonds is 4. The first-order valence-corrected chi connectivity index (χ1v) is 11.7. The summed E-state index contributed by atoms with van der Waals surface area (Å²) >= 11 is 0. The summed E-state index contributed by atoms with van der Waals surface area (Å²) in [7, 11) is 0. The molecule has 0 amide bonds. The molecule has 0 bridgehead atoms. The zero-order valence-corrected chi connectivity index (χ0v) is 19.1. The van der Waals surface area contributed by atoms with Gasteiger partial charge in [-0.2, -0.15) is 0 Å². The lowest BCUT2D eigenvalue weighted by Gasteiger charge is -2.12. The SMILES string of the molecule is CCc1c(CC)n(-c2ccc(F)cc2)c2c1ccc1c2c2ccccc2n1-c1ccc(F)cc1. The largest absolute Gasteiger partial charge is 0.313 e. The molecule has 2 heterocycles. The number of nitrogens with zero attached hydrogens (tertiary/aromatic N) is 2. The van der Waals surface area contributed by atoms with Gasteiger partial charge in [0.05, 0.1) is 16.6 Å². The Labute approximate surface area is 196 Å². The molecule has 4 heteroatoms. The number of hydrogen-bond donors (Lipinski definition) is 0. The minimum atomic E-state index is -0.253. The number of para-hydroxylation sites is 1. The molecule has 34 heavy (non-hydrogen) atoms. The van der Waals surface area contributed by atoms with Crippen LogP contribution in [-0.2, 0) is 12.8 Å². The third-order valence-corrected chi connectivity index (χ3v) is 6.84. The van der Waals surface area contributed by atoms with Crippen molar-refractivity contribution in [3.8, 4) is 11.4 Å². The van der Waals surface area contributed by atoms with Gasteiger partial charge >= 0.3 is 0 Å². The number of benzene rings is 4. The second-order valence-corrected chi connectivity index (χ2v) is 8.63. The van der Waals surface area contributed by atoms with Gasteiger partial charge in [0.2, 0.25) is 0 Å². The second kappa shape index (κ2) is 7.84. The highest BCUT2D eigenvalue weighted by atomic mass is 19.1. The van der Waals surface area contributed by atoms with Gasteiger partial charge in [0.1, 0.15) is 11.6 Å². The number of aryl methyl sites for hydroxylation is 1. The Morgan fingerprint density at radius 2 is 1.21 bits per heavy atom. The molecule has 0 atom stereocenters. The molecule has 168 valence electrons. The van der Waals surface area contributed by atoms with Crippen molar-refractivity contribution in [1.29, 1.82) is 0 Å². The Morgan fingerprint density at radius 1 is 0.588 bits per heavy atom. The number of hydrogen-bond acceptors (Lipinski definition) is 0. The average Bonchev–Trinajstić information content (AvgIpc) is 3.37. The molecule has 0 N–H and O–H groups in total. The molecule has 6 aromatic rings. The molecule has 0 saturated heterocycles. The van der Waals surface area contributed by atoms with Crippen molar-refractivity contribution in [2.24, 2.45) is 0 Å². The van der Waals surface area contributed by atoms with Gasteiger partial charge in [-0.1, -0.05) is 38.1 Å². The lowest BCUT2D eigenvalue weighted by atomic mass is 10.0. The van der Waals surface area contributed by atoms with Crippen LogP contribution in [0.15, 0.2) is 84.9 Å². The predicted molar refractivity (Wildman–Crippen MR) is 136 cm³/mol. The highest BCUT2D eigenvalue weighted by Gasteiger charge is 2.22. The quantitative estimate of drug-likeness (QED) is 0.257. The van der Waals surface area contributed by atoms with Crippen LogP contribution >= 0.6 is 0 Å². The molecular weight excluding hydrogens is 426 g/mol. The van der Waals surface area contributed by atoms with E-state index in [9.17, 15) is 8.78 Å². The van der Waals surface area contributed by atoms with E-state index in [0.29, 0.717) is 0 Å². The van der Waals surface area contributed by atoms with Crippen LogP contribution in [0.4, 0.5) is 8.78 Å². The van der Waals surface area contributed by atoms with Crippen molar-refractivity contribution in [2.45, 2.75) is 26.7 Å². The monoisotopic (exact) mass is 450 g/mol. The van der Waals surface area contributed by atoms with Gasteiger partial charge in [0.25, 0.3) is 0 Å². The molecule has 6 rings (SSSR count). The van der Waals surface area contributed by atoms with E-state index in [4.69, 9.17) is 0 Å². The van der Waals surface area contributed by atoms with Gasteiger partial charge in [-0.15, -0.1) is 0 Å². The Kier molecular flexibility index (Phi) is 4.77. The predicted octanol–water partition coefficient (Wildman–Crippen LogP) is 8.13. The summed E-state index contributed by atoms with van der Waals surface area (Å²) in [5.41, 5.74) is 7.70. The second-order valence-electron chi connectivity index (χ2n) is 8.63. The van der Waals surface area contributed by atoms with Gasteiger partial charge in [0.15, 0.2) is 0 Å². The van der Waals surface area contributed by atoms with Crippen LogP contribution in [0.2, 0.25) is 0 Å². The van der Waals surface area contributed by atoms with Crippen LogP contribution in [0.25, 0.3) is 44.1 Å². The minimum absolute atomic E-state index is 0.243. The fourth-order valence-electron chi connectivity index (χ4n) is 5.45. The minimum Gasteiger partial charge on any atom is -0.313 e. The third-order valence-electron chi connectivity index (χ3n) is 6.84. The summed E-state index contributed by atoms with van der Waals surface area (Å²) in [6.45, 7) is 4.36. The van der Waals surface area contributed by atoms with E-state index < -0.39 is 0 Å². The van der Waals surface area contributed by atoms with E-state index >= 15 is 0 Å². The molecular formula is C30H24F2N2. The zero-order valence-electron chi connectivity index (χ0n) is 19.1. The van der Waals surface area contributed by atoms with Gasteiger partial charge in [-0.3, -0.25) is 0 Å². The number of halogens is 2. The molecule has 0 aliphatic carbocycles. The van der Waals surface area contributed by atoms with Gasteiger partial charge < -0.3 is 9.13 Å². The molecule has 0 fully saturated rings. The van der Waals surface area contributed by atoms with Crippen LogP contribution in [0, 0.1) is 11.6 Å². The van der Waals surface area contributed by atoms with E-state index in [-0.39, 0.29) is 11.6 Å². The fourth-order valence-corrected chi connectivity index (χ4v) is 5.45. The van der Waals surface area contributed by atoms with E-state index in [1.807, 2.05) is 30.3 Å². The fraction of sp³-hybridized carbons (Fsp3) is 0.133. The topological polar surface area (TPSA) is 9.86 Å². The molecule has 2 nitrogen and oxygen atoms in total. The third kappa shape index (κ3) is 2.91. The first-order chi connectivity index (χ1) is 16.6. The molecule has 0 aliphatic heterocycles. The zero-order chi connectivity index (χ0) is 23.4. The van der Waals surface area contributed by atoms with E-state index in [1.165, 1.54) is 40.9 Å². The number of fused-ring (bicyclic) bond motifs is 5. The summed E-state index contributed by atoms with van der Waals surface area (Å²) < 4.78 is 32.0. The van der Waals surface area contributed by atoms with Crippen molar-refractivity contribution in [3.05, 3.63) is 108 Å². The van der Waals surface area contributed by atoms with E-state index in [2.05, 4.69) is 53.3 Å². The summed E-state index contributed by atoms with van der Waals surface area (Å²) in [6, 6.07) is 26.1. The summed E-state index contributed by atoms with van der Waals surface area (Å²) in [5, 5.41) is 3.51. The number of aromatic nitrogens is 2. The van der Waals surface area contributed by atoms with E-state index in [0.717, 1.165) is 51.5 Å². The Balaban J connectivity index is 1.84. The van der Waals surface area contributed by atoms with Crippen LogP contribution in [0.5, 0.6) is 0 Å². The average molecular weight is 451 g/mol.